The highest BCUT2D eigenvalue weighted by Gasteiger charge is 2.16. The van der Waals surface area contributed by atoms with E-state index in [-0.39, 0.29) is 47.5 Å². The van der Waals surface area contributed by atoms with E-state index >= 15 is 0 Å². The molecule has 12 heteroatoms. The highest BCUT2D eigenvalue weighted by molar-refractivity contribution is 6.04. The van der Waals surface area contributed by atoms with Crippen LogP contribution in [-0.2, 0) is 20.7 Å². The average molecular weight is 524 g/mol. The highest BCUT2D eigenvalue weighted by atomic mass is 16.5. The van der Waals surface area contributed by atoms with E-state index in [4.69, 9.17) is 14.2 Å². The van der Waals surface area contributed by atoms with Gasteiger partial charge in [-0.1, -0.05) is 6.07 Å². The number of hydrogen-bond donors (Lipinski definition) is 1. The first kappa shape index (κ1) is 28.0. The Balaban J connectivity index is 1.81. The molecule has 0 radical (unpaired) electrons. The van der Waals surface area contributed by atoms with Crippen LogP contribution in [0.1, 0.15) is 33.2 Å². The maximum Gasteiger partial charge on any atom is 0.310 e. The predicted molar refractivity (Wildman–Crippen MR) is 136 cm³/mol. The number of nitrogens with one attached hydrogen (secondary N) is 1. The van der Waals surface area contributed by atoms with Crippen molar-refractivity contribution in [2.75, 3.05) is 40.2 Å². The van der Waals surface area contributed by atoms with Gasteiger partial charge in [0.25, 0.3) is 11.8 Å². The molecule has 0 aliphatic heterocycles. The van der Waals surface area contributed by atoms with Crippen LogP contribution < -0.4 is 14.8 Å². The van der Waals surface area contributed by atoms with Gasteiger partial charge in [0.1, 0.15) is 11.9 Å². The summed E-state index contributed by atoms with van der Waals surface area (Å²) >= 11 is 0. The zero-order chi connectivity index (χ0) is 27.7. The zero-order valence-electron chi connectivity index (χ0n) is 21.8. The van der Waals surface area contributed by atoms with Crippen LogP contribution in [0.2, 0.25) is 0 Å². The molecule has 1 N–H and O–H groups in total. The molecule has 0 aromatic carbocycles. The van der Waals surface area contributed by atoms with Crippen LogP contribution in [-0.4, -0.2) is 78.7 Å². The number of methoxy groups -OCH3 is 2. The average Bonchev–Trinajstić information content (AvgIpc) is 2.89. The van der Waals surface area contributed by atoms with E-state index in [1.54, 1.807) is 46.3 Å². The number of esters is 1. The number of carbonyl (C=O) groups is 3. The Hall–Kier alpha value is -4.58. The molecule has 3 aromatic heterocycles. The number of anilines is 1. The number of amides is 2. The lowest BCUT2D eigenvalue weighted by atomic mass is 10.2. The molecule has 0 aliphatic rings. The molecule has 0 unspecified atom stereocenters. The van der Waals surface area contributed by atoms with Gasteiger partial charge < -0.3 is 29.2 Å². The monoisotopic (exact) mass is 523 g/mol. The van der Waals surface area contributed by atoms with Crippen molar-refractivity contribution in [2.45, 2.75) is 19.4 Å². The SMILES string of the molecule is COC[C@@H](C)Oc1cc(C(=O)Nc2ccc(CC(=O)OC)cn2)cc(Oc2ccc(C(=O)N(C)C)cn2)n1. The Bertz CT molecular complexity index is 1260. The lowest BCUT2D eigenvalue weighted by molar-refractivity contribution is -0.139. The summed E-state index contributed by atoms with van der Waals surface area (Å²) < 4.78 is 21.3. The first-order valence-corrected chi connectivity index (χ1v) is 11.5. The van der Waals surface area contributed by atoms with Crippen LogP contribution in [0.25, 0.3) is 0 Å². The Morgan fingerprint density at radius 2 is 1.71 bits per heavy atom. The quantitative estimate of drug-likeness (QED) is 0.373. The number of rotatable bonds is 11. The largest absolute Gasteiger partial charge is 0.472 e. The third-order valence-corrected chi connectivity index (χ3v) is 5.00. The van der Waals surface area contributed by atoms with Crippen LogP contribution in [0, 0.1) is 0 Å². The summed E-state index contributed by atoms with van der Waals surface area (Å²) in [5, 5.41) is 2.69. The van der Waals surface area contributed by atoms with Crippen LogP contribution in [0.15, 0.2) is 48.8 Å². The third-order valence-electron chi connectivity index (χ3n) is 5.00. The summed E-state index contributed by atoms with van der Waals surface area (Å²) in [6, 6.07) is 9.24. The second-order valence-corrected chi connectivity index (χ2v) is 8.36. The van der Waals surface area contributed by atoms with Crippen molar-refractivity contribution < 1.29 is 33.3 Å². The lowest BCUT2D eigenvalue weighted by Gasteiger charge is -2.15. The standard InChI is InChI=1S/C26H29N5O7/c1-16(15-35-4)37-22-11-19(25(33)29-20-8-6-17(13-27-20)10-24(32)36-5)12-23(30-22)38-21-9-7-18(14-28-21)26(34)31(2)3/h6-9,11-14,16H,10,15H2,1-5H3,(H,27,29,33)/t16-/m1/s1. The second kappa shape index (κ2) is 13.1. The number of aromatic nitrogens is 3. The molecule has 0 spiro atoms. The Labute approximate surface area is 219 Å². The van der Waals surface area contributed by atoms with Crippen molar-refractivity contribution in [1.29, 1.82) is 0 Å². The smallest absolute Gasteiger partial charge is 0.310 e. The lowest BCUT2D eigenvalue weighted by Crippen LogP contribution is -2.21. The van der Waals surface area contributed by atoms with Gasteiger partial charge in [-0.2, -0.15) is 4.98 Å². The molecule has 0 fully saturated rings. The number of pyridine rings is 3. The predicted octanol–water partition coefficient (Wildman–Crippen LogP) is 2.75. The van der Waals surface area contributed by atoms with Crippen LogP contribution in [0.5, 0.6) is 17.6 Å². The van der Waals surface area contributed by atoms with E-state index in [2.05, 4.69) is 25.0 Å². The second-order valence-electron chi connectivity index (χ2n) is 8.36. The normalized spacial score (nSPS) is 11.3. The van der Waals surface area contributed by atoms with Gasteiger partial charge in [0.2, 0.25) is 17.6 Å². The Morgan fingerprint density at radius 1 is 0.947 bits per heavy atom. The molecule has 200 valence electrons. The van der Waals surface area contributed by atoms with Crippen LogP contribution in [0.4, 0.5) is 5.82 Å². The summed E-state index contributed by atoms with van der Waals surface area (Å²) in [6.45, 7) is 2.10. The van der Waals surface area contributed by atoms with Crippen molar-refractivity contribution in [1.82, 2.24) is 19.9 Å². The van der Waals surface area contributed by atoms with Crippen molar-refractivity contribution in [2.24, 2.45) is 0 Å². The fourth-order valence-corrected chi connectivity index (χ4v) is 3.16. The third kappa shape index (κ3) is 7.96. The number of ether oxygens (including phenoxy) is 4. The van der Waals surface area contributed by atoms with E-state index in [1.165, 1.54) is 42.6 Å². The van der Waals surface area contributed by atoms with Crippen LogP contribution in [0.3, 0.4) is 0 Å². The zero-order valence-corrected chi connectivity index (χ0v) is 21.8. The highest BCUT2D eigenvalue weighted by Crippen LogP contribution is 2.24. The van der Waals surface area contributed by atoms with Crippen molar-refractivity contribution in [3.63, 3.8) is 0 Å². The maximum atomic E-state index is 13.0. The molecule has 3 aromatic rings. The molecule has 38 heavy (non-hydrogen) atoms. The van der Waals surface area contributed by atoms with Gasteiger partial charge in [-0.05, 0) is 24.6 Å². The van der Waals surface area contributed by atoms with Gasteiger partial charge in [-0.15, -0.1) is 0 Å². The molecule has 12 nitrogen and oxygen atoms in total. The summed E-state index contributed by atoms with van der Waals surface area (Å²) in [4.78, 5) is 50.7. The fraction of sp³-hybridized carbons (Fsp3) is 0.308. The summed E-state index contributed by atoms with van der Waals surface area (Å²) in [5.41, 5.74) is 1.23. The van der Waals surface area contributed by atoms with E-state index in [1.807, 2.05) is 0 Å². The minimum Gasteiger partial charge on any atom is -0.472 e. The molecule has 3 rings (SSSR count). The fourth-order valence-electron chi connectivity index (χ4n) is 3.16. The minimum absolute atomic E-state index is 0.0536. The van der Waals surface area contributed by atoms with Gasteiger partial charge in [0.15, 0.2) is 0 Å². The van der Waals surface area contributed by atoms with Crippen molar-refractivity contribution in [3.05, 3.63) is 65.5 Å². The topological polar surface area (TPSA) is 142 Å². The molecule has 3 heterocycles. The van der Waals surface area contributed by atoms with E-state index in [0.717, 1.165) is 0 Å². The molecule has 0 bridgehead atoms. The summed E-state index contributed by atoms with van der Waals surface area (Å²) in [6.07, 6.45) is 2.59. The molecule has 1 atom stereocenters. The Kier molecular flexibility index (Phi) is 9.66. The molecule has 0 saturated heterocycles. The number of carbonyl (C=O) groups excluding carboxylic acids is 3. The van der Waals surface area contributed by atoms with Gasteiger partial charge in [0, 0.05) is 51.8 Å². The molecule has 0 aliphatic carbocycles. The van der Waals surface area contributed by atoms with Gasteiger partial charge in [-0.3, -0.25) is 14.4 Å². The van der Waals surface area contributed by atoms with E-state index < -0.39 is 11.9 Å². The van der Waals surface area contributed by atoms with Gasteiger partial charge >= 0.3 is 5.97 Å². The summed E-state index contributed by atoms with van der Waals surface area (Å²) in [7, 11) is 6.14. The van der Waals surface area contributed by atoms with Crippen molar-refractivity contribution in [3.8, 4) is 17.6 Å². The van der Waals surface area contributed by atoms with Crippen molar-refractivity contribution >= 4 is 23.6 Å². The minimum atomic E-state index is -0.491. The Morgan fingerprint density at radius 3 is 2.32 bits per heavy atom. The molecule has 0 saturated carbocycles. The van der Waals surface area contributed by atoms with E-state index in [0.29, 0.717) is 17.7 Å². The molecular formula is C26H29N5O7. The van der Waals surface area contributed by atoms with E-state index in [9.17, 15) is 14.4 Å². The first-order valence-electron chi connectivity index (χ1n) is 11.5. The first-order chi connectivity index (χ1) is 18.2. The van der Waals surface area contributed by atoms with Crippen LogP contribution >= 0.6 is 0 Å². The maximum absolute atomic E-state index is 13.0. The molecular weight excluding hydrogens is 494 g/mol. The summed E-state index contributed by atoms with van der Waals surface area (Å²) in [5.74, 6) is -0.442. The number of hydrogen-bond acceptors (Lipinski definition) is 10. The number of nitrogens with zero attached hydrogens (tertiary/aromatic N) is 4. The molecule has 2 amide bonds. The van der Waals surface area contributed by atoms with Gasteiger partial charge in [0.05, 0.1) is 31.3 Å². The van der Waals surface area contributed by atoms with Gasteiger partial charge in [-0.25, -0.2) is 9.97 Å².